The zero-order valence-electron chi connectivity index (χ0n) is 17.5. The molecule has 0 bridgehead atoms. The van der Waals surface area contributed by atoms with Gasteiger partial charge in [-0.05, 0) is 42.0 Å². The predicted octanol–water partition coefficient (Wildman–Crippen LogP) is 6.34. The number of benzene rings is 3. The molecule has 0 unspecified atom stereocenters. The van der Waals surface area contributed by atoms with Gasteiger partial charge in [0, 0.05) is 30.4 Å². The van der Waals surface area contributed by atoms with Crippen LogP contribution in [0.25, 0.3) is 6.08 Å². The fourth-order valence-corrected chi connectivity index (χ4v) is 3.40. The van der Waals surface area contributed by atoms with Crippen molar-refractivity contribution < 1.29 is 13.5 Å². The molecule has 0 saturated carbocycles. The van der Waals surface area contributed by atoms with Gasteiger partial charge >= 0.3 is 0 Å². The van der Waals surface area contributed by atoms with Crippen LogP contribution in [0.15, 0.2) is 77.8 Å². The molecule has 0 amide bonds. The quantitative estimate of drug-likeness (QED) is 0.429. The number of fused-ring (bicyclic) bond motifs is 1. The van der Waals surface area contributed by atoms with Gasteiger partial charge in [0.25, 0.3) is 0 Å². The fourth-order valence-electron chi connectivity index (χ4n) is 3.40. The van der Waals surface area contributed by atoms with Gasteiger partial charge in [-0.3, -0.25) is 4.99 Å². The molecule has 1 aliphatic heterocycles. The minimum Gasteiger partial charge on any atom is -0.488 e. The number of hydrogen-bond donors (Lipinski definition) is 0. The molecule has 0 fully saturated rings. The summed E-state index contributed by atoms with van der Waals surface area (Å²) in [5.41, 5.74) is 4.62. The van der Waals surface area contributed by atoms with E-state index in [0.29, 0.717) is 11.3 Å². The van der Waals surface area contributed by atoms with E-state index in [0.717, 1.165) is 47.7 Å². The van der Waals surface area contributed by atoms with Gasteiger partial charge in [0.05, 0.1) is 12.3 Å². The highest BCUT2D eigenvalue weighted by Crippen LogP contribution is 2.25. The maximum absolute atomic E-state index is 13.4. The van der Waals surface area contributed by atoms with E-state index in [1.54, 1.807) is 0 Å². The van der Waals surface area contributed by atoms with Gasteiger partial charge in [-0.2, -0.15) is 0 Å². The molecule has 0 aliphatic carbocycles. The van der Waals surface area contributed by atoms with E-state index in [9.17, 15) is 8.78 Å². The van der Waals surface area contributed by atoms with E-state index < -0.39 is 11.6 Å². The number of rotatable bonds is 5. The first kappa shape index (κ1) is 25.4. The number of anilines is 1. The Morgan fingerprint density at radius 3 is 2.50 bits per heavy atom. The first-order chi connectivity index (χ1) is 14.6. The zero-order valence-corrected chi connectivity index (χ0v) is 19.1. The van der Waals surface area contributed by atoms with Crippen LogP contribution < -0.4 is 9.64 Å². The van der Waals surface area contributed by atoms with Crippen molar-refractivity contribution in [1.82, 2.24) is 0 Å². The Kier molecular flexibility index (Phi) is 9.24. The van der Waals surface area contributed by atoms with Crippen LogP contribution in [-0.4, -0.2) is 25.8 Å². The van der Waals surface area contributed by atoms with Crippen molar-refractivity contribution in [2.24, 2.45) is 4.99 Å². The molecule has 168 valence electrons. The third kappa shape index (κ3) is 5.87. The van der Waals surface area contributed by atoms with E-state index in [1.165, 1.54) is 6.07 Å². The highest BCUT2D eigenvalue weighted by molar-refractivity contribution is 6.14. The summed E-state index contributed by atoms with van der Waals surface area (Å²) in [4.78, 5) is 6.95. The number of allylic oxidation sites excluding steroid dienone is 1. The number of ether oxygens (including phenoxy) is 1. The summed E-state index contributed by atoms with van der Waals surface area (Å²) in [7, 11) is 2.07. The maximum atomic E-state index is 13.4. The Labute approximate surface area is 199 Å². The van der Waals surface area contributed by atoms with Crippen LogP contribution >= 0.6 is 24.8 Å². The number of likely N-dealkylation sites (N-methyl/N-ethyl adjacent to an activating group) is 1. The minimum absolute atomic E-state index is 0. The molecule has 3 nitrogen and oxygen atoms in total. The summed E-state index contributed by atoms with van der Waals surface area (Å²) in [6.45, 7) is 1.73. The first-order valence-corrected chi connectivity index (χ1v) is 9.80. The Morgan fingerprint density at radius 1 is 0.938 bits per heavy atom. The standard InChI is InChI=1S/C25H22F2N2O.2ClH/c1-29-15-14-28-23(20-7-3-4-8-24(20)29)13-11-19-6-2-5-9-25(19)30-17-18-10-12-21(26)22(27)16-18;;/h2-13,16H,14-15,17H2,1H3;2*1H/b13-11+;;. The lowest BCUT2D eigenvalue weighted by atomic mass is 10.1. The van der Waals surface area contributed by atoms with Crippen molar-refractivity contribution >= 4 is 42.3 Å². The third-order valence-electron chi connectivity index (χ3n) is 5.03. The maximum Gasteiger partial charge on any atom is 0.159 e. The molecular weight excluding hydrogens is 453 g/mol. The van der Waals surface area contributed by atoms with Crippen LogP contribution in [0.3, 0.4) is 0 Å². The van der Waals surface area contributed by atoms with Crippen LogP contribution in [0.1, 0.15) is 16.7 Å². The fraction of sp³-hybridized carbons (Fsp3) is 0.160. The Balaban J connectivity index is 0.00000181. The van der Waals surface area contributed by atoms with Crippen LogP contribution in [-0.2, 0) is 6.61 Å². The molecule has 0 radical (unpaired) electrons. The van der Waals surface area contributed by atoms with Crippen LogP contribution in [0.2, 0.25) is 0 Å². The summed E-state index contributed by atoms with van der Waals surface area (Å²) >= 11 is 0. The average molecular weight is 477 g/mol. The second-order valence-electron chi connectivity index (χ2n) is 7.11. The van der Waals surface area contributed by atoms with Crippen LogP contribution in [0.4, 0.5) is 14.5 Å². The van der Waals surface area contributed by atoms with Crippen molar-refractivity contribution in [2.75, 3.05) is 25.0 Å². The third-order valence-corrected chi connectivity index (χ3v) is 5.03. The Bertz CT molecular complexity index is 1120. The van der Waals surface area contributed by atoms with Gasteiger partial charge in [0.15, 0.2) is 11.6 Å². The summed E-state index contributed by atoms with van der Waals surface area (Å²) in [6.07, 6.45) is 3.97. The van der Waals surface area contributed by atoms with E-state index in [-0.39, 0.29) is 31.4 Å². The van der Waals surface area contributed by atoms with Gasteiger partial charge in [-0.1, -0.05) is 42.5 Å². The van der Waals surface area contributed by atoms with Crippen molar-refractivity contribution in [2.45, 2.75) is 6.61 Å². The molecule has 4 rings (SSSR count). The molecule has 0 atom stereocenters. The van der Waals surface area contributed by atoms with Gasteiger partial charge in [-0.25, -0.2) is 8.78 Å². The van der Waals surface area contributed by atoms with Crippen LogP contribution in [0.5, 0.6) is 5.75 Å². The summed E-state index contributed by atoms with van der Waals surface area (Å²) in [5, 5.41) is 0. The monoisotopic (exact) mass is 476 g/mol. The lowest BCUT2D eigenvalue weighted by molar-refractivity contribution is 0.304. The number of aliphatic imine (C=N–C) groups is 1. The van der Waals surface area contributed by atoms with E-state index >= 15 is 0 Å². The van der Waals surface area contributed by atoms with Crippen molar-refractivity contribution in [3.05, 3.63) is 101 Å². The summed E-state index contributed by atoms with van der Waals surface area (Å²) < 4.78 is 32.4. The van der Waals surface area contributed by atoms with Gasteiger partial charge in [0.1, 0.15) is 12.4 Å². The average Bonchev–Trinajstić information content (AvgIpc) is 2.92. The van der Waals surface area contributed by atoms with Gasteiger partial charge in [-0.15, -0.1) is 24.8 Å². The molecule has 1 aliphatic rings. The highest BCUT2D eigenvalue weighted by Gasteiger charge is 2.14. The number of hydrogen-bond acceptors (Lipinski definition) is 3. The SMILES string of the molecule is CN1CCN=C(/C=C/c2ccccc2OCc2ccc(F)c(F)c2)c2ccccc21.Cl.Cl. The minimum atomic E-state index is -0.876. The van der Waals surface area contributed by atoms with Crippen molar-refractivity contribution in [1.29, 1.82) is 0 Å². The molecule has 0 spiro atoms. The van der Waals surface area contributed by atoms with Crippen LogP contribution in [0, 0.1) is 11.6 Å². The van der Waals surface area contributed by atoms with Crippen molar-refractivity contribution in [3.8, 4) is 5.75 Å². The number of para-hydroxylation sites is 2. The molecule has 0 aromatic heterocycles. The van der Waals surface area contributed by atoms with E-state index in [2.05, 4.69) is 24.1 Å². The molecule has 3 aromatic carbocycles. The van der Waals surface area contributed by atoms with E-state index in [4.69, 9.17) is 9.73 Å². The molecule has 7 heteroatoms. The Hall–Kier alpha value is -2.89. The molecule has 3 aromatic rings. The summed E-state index contributed by atoms with van der Waals surface area (Å²) in [5.74, 6) is -1.07. The molecule has 32 heavy (non-hydrogen) atoms. The molecule has 0 N–H and O–H groups in total. The van der Waals surface area contributed by atoms with E-state index in [1.807, 2.05) is 48.6 Å². The first-order valence-electron chi connectivity index (χ1n) is 9.80. The lowest BCUT2D eigenvalue weighted by Crippen LogP contribution is -2.20. The highest BCUT2D eigenvalue weighted by atomic mass is 35.5. The molecular formula is C25H24Cl2F2N2O. The second-order valence-corrected chi connectivity index (χ2v) is 7.11. The zero-order chi connectivity index (χ0) is 20.9. The predicted molar refractivity (Wildman–Crippen MR) is 132 cm³/mol. The Morgan fingerprint density at radius 2 is 1.69 bits per heavy atom. The largest absolute Gasteiger partial charge is 0.488 e. The lowest BCUT2D eigenvalue weighted by Gasteiger charge is -2.18. The molecule has 1 heterocycles. The second kappa shape index (κ2) is 11.7. The number of benzodiazepines with no additional fused rings is 1. The van der Waals surface area contributed by atoms with Crippen molar-refractivity contribution in [3.63, 3.8) is 0 Å². The topological polar surface area (TPSA) is 24.8 Å². The number of nitrogens with zero attached hydrogens (tertiary/aromatic N) is 2. The van der Waals surface area contributed by atoms with Gasteiger partial charge in [0.2, 0.25) is 0 Å². The smallest absolute Gasteiger partial charge is 0.159 e. The number of halogens is 4. The normalized spacial score (nSPS) is 12.8. The molecule has 0 saturated heterocycles. The van der Waals surface area contributed by atoms with Gasteiger partial charge < -0.3 is 9.64 Å². The summed E-state index contributed by atoms with van der Waals surface area (Å²) in [6, 6.07) is 19.6.